The molecule has 75 valence electrons. The summed E-state index contributed by atoms with van der Waals surface area (Å²) in [5, 5.41) is 8.39. The van der Waals surface area contributed by atoms with Crippen molar-refractivity contribution >= 4 is 14.3 Å². The summed E-state index contributed by atoms with van der Waals surface area (Å²) in [5.74, 6) is 0. The molecule has 1 rings (SSSR count). The van der Waals surface area contributed by atoms with Gasteiger partial charge in [-0.05, 0) is 24.5 Å². The Morgan fingerprint density at radius 3 is 2.14 bits per heavy atom. The van der Waals surface area contributed by atoms with E-state index in [1.54, 1.807) is 32.8 Å². The van der Waals surface area contributed by atoms with Gasteiger partial charge in [-0.1, -0.05) is 34.6 Å². The molecule has 1 radical (unpaired) electrons. The van der Waals surface area contributed by atoms with Crippen molar-refractivity contribution in [3.05, 3.63) is 29.8 Å². The van der Waals surface area contributed by atoms with Crippen LogP contribution in [0.5, 0.6) is 0 Å². The molecular formula is C11H16N2P. The number of nitriles is 1. The molecule has 0 aliphatic rings. The molecule has 3 heteroatoms. The molecule has 2 N–H and O–H groups in total. The molecule has 0 bridgehead atoms. The van der Waals surface area contributed by atoms with Gasteiger partial charge in [-0.3, -0.25) is 0 Å². The fraction of sp³-hybridized carbons (Fsp3) is 0.364. The minimum absolute atomic E-state index is 0.539. The highest BCUT2D eigenvalue weighted by atomic mass is 31.1. The number of nitrogens with zero attached hydrogens (tertiary/aromatic N) is 1. The van der Waals surface area contributed by atoms with E-state index < -0.39 is 0 Å². The zero-order chi connectivity index (χ0) is 10.8. The van der Waals surface area contributed by atoms with E-state index in [1.807, 2.05) is 6.07 Å². The molecule has 0 unspecified atom stereocenters. The van der Waals surface area contributed by atoms with Gasteiger partial charge in [0.05, 0.1) is 5.56 Å². The summed E-state index contributed by atoms with van der Waals surface area (Å²) in [6.45, 7) is 4.40. The third-order valence-electron chi connectivity index (χ3n) is 1.53. The summed E-state index contributed by atoms with van der Waals surface area (Å²) < 4.78 is 0. The van der Waals surface area contributed by atoms with Crippen LogP contribution < -0.4 is 5.73 Å². The van der Waals surface area contributed by atoms with Crippen molar-refractivity contribution in [1.82, 2.24) is 0 Å². The molecule has 0 fully saturated rings. The first-order valence-corrected chi connectivity index (χ1v) is 5.90. The van der Waals surface area contributed by atoms with E-state index >= 15 is 0 Å². The molecule has 0 heterocycles. The van der Waals surface area contributed by atoms with Crippen LogP contribution in [0.25, 0.3) is 0 Å². The van der Waals surface area contributed by atoms with Gasteiger partial charge in [0.25, 0.3) is 0 Å². The SMILES string of the molecule is CC[P]CC.N#Cc1ccccc1N. The first-order valence-electron chi connectivity index (χ1n) is 4.64. The molecule has 2 nitrogen and oxygen atoms in total. The summed E-state index contributed by atoms with van der Waals surface area (Å²) in [7, 11) is 1.58. The summed E-state index contributed by atoms with van der Waals surface area (Å²) in [4.78, 5) is 0. The van der Waals surface area contributed by atoms with Gasteiger partial charge in [0.2, 0.25) is 0 Å². The normalized spacial score (nSPS) is 8.36. The van der Waals surface area contributed by atoms with Gasteiger partial charge in [-0.15, -0.1) is 0 Å². The largest absolute Gasteiger partial charge is 0.398 e. The lowest BCUT2D eigenvalue weighted by Crippen LogP contribution is -1.87. The van der Waals surface area contributed by atoms with E-state index in [9.17, 15) is 0 Å². The molecule has 0 aromatic heterocycles. The molecule has 0 atom stereocenters. The summed E-state index contributed by atoms with van der Waals surface area (Å²) in [6, 6.07) is 8.96. The summed E-state index contributed by atoms with van der Waals surface area (Å²) >= 11 is 0. The minimum Gasteiger partial charge on any atom is -0.398 e. The Balaban J connectivity index is 0.000000292. The molecule has 0 saturated carbocycles. The molecule has 0 aliphatic carbocycles. The fourth-order valence-corrected chi connectivity index (χ4v) is 1.27. The van der Waals surface area contributed by atoms with Crippen molar-refractivity contribution in [2.75, 3.05) is 18.1 Å². The second-order valence-corrected chi connectivity index (χ2v) is 4.27. The molecule has 0 amide bonds. The molecule has 0 saturated heterocycles. The lowest BCUT2D eigenvalue weighted by atomic mass is 10.2. The third kappa shape index (κ3) is 5.56. The van der Waals surface area contributed by atoms with Gasteiger partial charge in [0, 0.05) is 5.69 Å². The standard InChI is InChI=1S/C7H6N2.C4H10P/c8-5-6-3-1-2-4-7(6)9;1-3-5-4-2/h1-4H,9H2;3-4H2,1-2H3. The van der Waals surface area contributed by atoms with E-state index in [1.165, 1.54) is 12.3 Å². The van der Waals surface area contributed by atoms with Crippen molar-refractivity contribution in [3.63, 3.8) is 0 Å². The van der Waals surface area contributed by atoms with E-state index in [4.69, 9.17) is 11.0 Å². The third-order valence-corrected chi connectivity index (χ3v) is 2.42. The lowest BCUT2D eigenvalue weighted by Gasteiger charge is -1.91. The van der Waals surface area contributed by atoms with Gasteiger partial charge in [-0.2, -0.15) is 5.26 Å². The van der Waals surface area contributed by atoms with Crippen LogP contribution >= 0.6 is 8.58 Å². The fourth-order valence-electron chi connectivity index (χ4n) is 0.822. The number of anilines is 1. The van der Waals surface area contributed by atoms with E-state index in [2.05, 4.69) is 13.8 Å². The maximum atomic E-state index is 8.39. The first-order chi connectivity index (χ1) is 6.76. The Morgan fingerprint density at radius 2 is 1.86 bits per heavy atom. The van der Waals surface area contributed by atoms with Gasteiger partial charge in [0.1, 0.15) is 6.07 Å². The number of para-hydroxylation sites is 1. The lowest BCUT2D eigenvalue weighted by molar-refractivity contribution is 1.44. The predicted octanol–water partition coefficient (Wildman–Crippen LogP) is 3.11. The van der Waals surface area contributed by atoms with Gasteiger partial charge >= 0.3 is 0 Å². The van der Waals surface area contributed by atoms with Crippen LogP contribution in [-0.4, -0.2) is 12.3 Å². The molecule has 1 aromatic rings. The molecule has 14 heavy (non-hydrogen) atoms. The Hall–Kier alpha value is -1.06. The Labute approximate surface area is 87.9 Å². The average Bonchev–Trinajstić information content (AvgIpc) is 2.21. The molecule has 1 aromatic carbocycles. The number of nitrogen functional groups attached to an aromatic ring is 1. The van der Waals surface area contributed by atoms with Gasteiger partial charge in [-0.25, -0.2) is 0 Å². The number of hydrogen-bond acceptors (Lipinski definition) is 2. The zero-order valence-corrected chi connectivity index (χ0v) is 9.59. The van der Waals surface area contributed by atoms with Crippen molar-refractivity contribution in [1.29, 1.82) is 5.26 Å². The number of hydrogen-bond donors (Lipinski definition) is 1. The molecular weight excluding hydrogens is 191 g/mol. The molecule has 0 aliphatic heterocycles. The van der Waals surface area contributed by atoms with Crippen LogP contribution in [0, 0.1) is 11.3 Å². The second kappa shape index (κ2) is 8.53. The minimum atomic E-state index is 0.539. The Bertz CT molecular complexity index is 290. The second-order valence-electron chi connectivity index (χ2n) is 2.56. The predicted molar refractivity (Wildman–Crippen MR) is 63.6 cm³/mol. The monoisotopic (exact) mass is 207 g/mol. The van der Waals surface area contributed by atoms with Gasteiger partial charge < -0.3 is 5.73 Å². The van der Waals surface area contributed by atoms with Crippen LogP contribution in [0.1, 0.15) is 19.4 Å². The highest BCUT2D eigenvalue weighted by Crippen LogP contribution is 2.07. The van der Waals surface area contributed by atoms with Gasteiger partial charge in [0.15, 0.2) is 0 Å². The first kappa shape index (κ1) is 12.9. The van der Waals surface area contributed by atoms with Crippen molar-refractivity contribution in [2.24, 2.45) is 0 Å². The maximum Gasteiger partial charge on any atom is 0.101 e. The molecule has 0 spiro atoms. The number of benzene rings is 1. The van der Waals surface area contributed by atoms with E-state index in [-0.39, 0.29) is 0 Å². The Kier molecular flexibility index (Phi) is 7.89. The summed E-state index contributed by atoms with van der Waals surface area (Å²) in [6.07, 6.45) is 2.63. The quantitative estimate of drug-likeness (QED) is 0.598. The summed E-state index contributed by atoms with van der Waals surface area (Å²) in [5.41, 5.74) is 6.49. The van der Waals surface area contributed by atoms with Crippen LogP contribution in [0.15, 0.2) is 24.3 Å². The van der Waals surface area contributed by atoms with E-state index in [0.29, 0.717) is 11.3 Å². The van der Waals surface area contributed by atoms with Crippen LogP contribution in [0.2, 0.25) is 0 Å². The van der Waals surface area contributed by atoms with Crippen molar-refractivity contribution in [2.45, 2.75) is 13.8 Å². The van der Waals surface area contributed by atoms with Crippen LogP contribution in [0.4, 0.5) is 5.69 Å². The zero-order valence-electron chi connectivity index (χ0n) is 8.70. The van der Waals surface area contributed by atoms with Crippen LogP contribution in [-0.2, 0) is 0 Å². The maximum absolute atomic E-state index is 8.39. The topological polar surface area (TPSA) is 49.8 Å². The highest BCUT2D eigenvalue weighted by molar-refractivity contribution is 7.37. The smallest absolute Gasteiger partial charge is 0.101 e. The number of nitrogens with two attached hydrogens (primary N) is 1. The number of rotatable bonds is 2. The van der Waals surface area contributed by atoms with Crippen molar-refractivity contribution in [3.8, 4) is 6.07 Å². The average molecular weight is 207 g/mol. The van der Waals surface area contributed by atoms with Crippen molar-refractivity contribution < 1.29 is 0 Å². The van der Waals surface area contributed by atoms with Crippen LogP contribution in [0.3, 0.4) is 0 Å². The highest BCUT2D eigenvalue weighted by Gasteiger charge is 1.90. The van der Waals surface area contributed by atoms with E-state index in [0.717, 1.165) is 0 Å². The Morgan fingerprint density at radius 1 is 1.29 bits per heavy atom.